The first kappa shape index (κ1) is 23.5. The Bertz CT molecular complexity index is 931. The van der Waals surface area contributed by atoms with E-state index in [-0.39, 0.29) is 23.4 Å². The number of ether oxygens (including phenoxy) is 1. The molecule has 1 aliphatic rings. The molecule has 6 heteroatoms. The molecular weight excluding hydrogens is 390 g/mol. The van der Waals surface area contributed by atoms with Crippen molar-refractivity contribution in [2.24, 2.45) is 11.8 Å². The lowest BCUT2D eigenvalue weighted by molar-refractivity contribution is -0.139. The van der Waals surface area contributed by atoms with Gasteiger partial charge in [-0.25, -0.2) is 4.98 Å². The van der Waals surface area contributed by atoms with Crippen LogP contribution in [0.1, 0.15) is 71.2 Å². The Morgan fingerprint density at radius 3 is 2.58 bits per heavy atom. The molecular formula is C25H37N3O3. The number of hydrogen-bond donors (Lipinski definition) is 0. The highest BCUT2D eigenvalue weighted by Crippen LogP contribution is 2.29. The van der Waals surface area contributed by atoms with Gasteiger partial charge in [0.2, 0.25) is 5.91 Å². The molecule has 1 aliphatic carbocycles. The number of amides is 1. The number of aromatic nitrogens is 2. The number of methoxy groups -OCH3 is 1. The third-order valence-electron chi connectivity index (χ3n) is 6.44. The molecule has 1 unspecified atom stereocenters. The van der Waals surface area contributed by atoms with Crippen LogP contribution in [0.5, 0.6) is 0 Å². The molecule has 0 N–H and O–H groups in total. The summed E-state index contributed by atoms with van der Waals surface area (Å²) < 4.78 is 6.96. The summed E-state index contributed by atoms with van der Waals surface area (Å²) in [5.74, 6) is 1.44. The minimum Gasteiger partial charge on any atom is -0.383 e. The maximum atomic E-state index is 13.6. The van der Waals surface area contributed by atoms with E-state index in [2.05, 4.69) is 13.8 Å². The molecule has 1 heterocycles. The lowest BCUT2D eigenvalue weighted by atomic mass is 9.87. The van der Waals surface area contributed by atoms with Crippen LogP contribution in [0.25, 0.3) is 10.9 Å². The molecule has 0 radical (unpaired) electrons. The average Bonchev–Trinajstić information content (AvgIpc) is 2.78. The highest BCUT2D eigenvalue weighted by molar-refractivity contribution is 5.80. The molecule has 2 aromatic rings. The van der Waals surface area contributed by atoms with Gasteiger partial charge in [-0.2, -0.15) is 0 Å². The Hall–Kier alpha value is -2.21. The summed E-state index contributed by atoms with van der Waals surface area (Å²) in [6.07, 6.45) is 6.31. The van der Waals surface area contributed by atoms with Gasteiger partial charge in [0.1, 0.15) is 5.82 Å². The Morgan fingerprint density at radius 2 is 1.90 bits per heavy atom. The molecule has 1 aromatic heterocycles. The number of carbonyl (C=O) groups excluding carboxylic acids is 1. The third-order valence-corrected chi connectivity index (χ3v) is 6.44. The largest absolute Gasteiger partial charge is 0.383 e. The van der Waals surface area contributed by atoms with Crippen molar-refractivity contribution in [3.05, 3.63) is 40.4 Å². The van der Waals surface area contributed by atoms with Crippen LogP contribution >= 0.6 is 0 Å². The van der Waals surface area contributed by atoms with Gasteiger partial charge in [-0.05, 0) is 44.2 Å². The first-order valence-electron chi connectivity index (χ1n) is 11.7. The van der Waals surface area contributed by atoms with Crippen molar-refractivity contribution in [1.29, 1.82) is 0 Å². The van der Waals surface area contributed by atoms with E-state index in [0.29, 0.717) is 42.3 Å². The lowest BCUT2D eigenvalue weighted by Gasteiger charge is -2.35. The summed E-state index contributed by atoms with van der Waals surface area (Å²) in [7, 11) is 1.63. The molecule has 0 saturated heterocycles. The first-order chi connectivity index (χ1) is 14.9. The minimum absolute atomic E-state index is 0.0709. The normalized spacial score (nSPS) is 16.0. The molecule has 0 bridgehead atoms. The summed E-state index contributed by atoms with van der Waals surface area (Å²) in [6.45, 7) is 7.89. The molecule has 1 fully saturated rings. The summed E-state index contributed by atoms with van der Waals surface area (Å²) in [6, 6.07) is 7.16. The Balaban J connectivity index is 2.02. The van der Waals surface area contributed by atoms with Crippen LogP contribution < -0.4 is 5.56 Å². The van der Waals surface area contributed by atoms with E-state index in [9.17, 15) is 9.59 Å². The van der Waals surface area contributed by atoms with E-state index in [1.54, 1.807) is 11.7 Å². The van der Waals surface area contributed by atoms with Crippen molar-refractivity contribution in [2.45, 2.75) is 71.9 Å². The molecule has 1 amide bonds. The van der Waals surface area contributed by atoms with Gasteiger partial charge in [-0.15, -0.1) is 0 Å². The molecule has 3 rings (SSSR count). The molecule has 1 atom stereocenters. The number of para-hydroxylation sites is 1. The maximum absolute atomic E-state index is 13.6. The Kier molecular flexibility index (Phi) is 8.24. The first-order valence-corrected chi connectivity index (χ1v) is 11.7. The second kappa shape index (κ2) is 10.9. The second-order valence-electron chi connectivity index (χ2n) is 9.16. The Morgan fingerprint density at radius 1 is 1.19 bits per heavy atom. The molecule has 1 aromatic carbocycles. The lowest BCUT2D eigenvalue weighted by Crippen LogP contribution is -2.42. The van der Waals surface area contributed by atoms with Gasteiger partial charge >= 0.3 is 0 Å². The van der Waals surface area contributed by atoms with E-state index in [4.69, 9.17) is 9.72 Å². The summed E-state index contributed by atoms with van der Waals surface area (Å²) in [5, 5.41) is 0.599. The second-order valence-corrected chi connectivity index (χ2v) is 9.16. The predicted octanol–water partition coefficient (Wildman–Crippen LogP) is 4.56. The predicted molar refractivity (Wildman–Crippen MR) is 124 cm³/mol. The molecule has 170 valence electrons. The quantitative estimate of drug-likeness (QED) is 0.588. The SMILES string of the molecule is COCCn1c(C(C)N(CCC(C)C)C(=O)C2CCCCC2)nc2ccccc2c1=O. The van der Waals surface area contributed by atoms with Crippen LogP contribution in [0.4, 0.5) is 0 Å². The fraction of sp³-hybridized carbons (Fsp3) is 0.640. The van der Waals surface area contributed by atoms with E-state index in [1.807, 2.05) is 36.1 Å². The van der Waals surface area contributed by atoms with Gasteiger partial charge in [-0.1, -0.05) is 45.2 Å². The summed E-state index contributed by atoms with van der Waals surface area (Å²) >= 11 is 0. The Labute approximate surface area is 185 Å². The topological polar surface area (TPSA) is 64.4 Å². The van der Waals surface area contributed by atoms with Crippen molar-refractivity contribution < 1.29 is 9.53 Å². The third kappa shape index (κ3) is 5.53. The van der Waals surface area contributed by atoms with E-state index in [0.717, 1.165) is 32.1 Å². The number of benzene rings is 1. The van der Waals surface area contributed by atoms with Crippen molar-refractivity contribution in [2.75, 3.05) is 20.3 Å². The standard InChI is InChI=1S/C25H37N3O3/c1-18(2)14-15-27(24(29)20-10-6-5-7-11-20)19(3)23-26-22-13-9-8-12-21(22)25(30)28(23)16-17-31-4/h8-9,12-13,18-20H,5-7,10-11,14-17H2,1-4H3. The fourth-order valence-electron chi connectivity index (χ4n) is 4.52. The minimum atomic E-state index is -0.276. The number of fused-ring (bicyclic) bond motifs is 1. The highest BCUT2D eigenvalue weighted by Gasteiger charge is 2.31. The zero-order valence-electron chi connectivity index (χ0n) is 19.5. The van der Waals surface area contributed by atoms with Gasteiger partial charge < -0.3 is 9.64 Å². The smallest absolute Gasteiger partial charge is 0.261 e. The number of hydrogen-bond acceptors (Lipinski definition) is 4. The van der Waals surface area contributed by atoms with Gasteiger partial charge in [0.05, 0.1) is 30.1 Å². The number of carbonyl (C=O) groups is 1. The van der Waals surface area contributed by atoms with E-state index in [1.165, 1.54) is 6.42 Å². The molecule has 0 aliphatic heterocycles. The highest BCUT2D eigenvalue weighted by atomic mass is 16.5. The van der Waals surface area contributed by atoms with Gasteiger partial charge in [0, 0.05) is 19.6 Å². The van der Waals surface area contributed by atoms with Crippen molar-refractivity contribution in [1.82, 2.24) is 14.5 Å². The van der Waals surface area contributed by atoms with Crippen LogP contribution in [0.2, 0.25) is 0 Å². The number of rotatable bonds is 9. The fourth-order valence-corrected chi connectivity index (χ4v) is 4.52. The molecule has 0 spiro atoms. The van der Waals surface area contributed by atoms with Gasteiger partial charge in [-0.3, -0.25) is 14.2 Å². The van der Waals surface area contributed by atoms with Crippen LogP contribution in [0, 0.1) is 11.8 Å². The molecule has 31 heavy (non-hydrogen) atoms. The average molecular weight is 428 g/mol. The van der Waals surface area contributed by atoms with Crippen molar-refractivity contribution >= 4 is 16.8 Å². The number of nitrogens with zero attached hydrogens (tertiary/aromatic N) is 3. The van der Waals surface area contributed by atoms with Gasteiger partial charge in [0.15, 0.2) is 0 Å². The zero-order valence-corrected chi connectivity index (χ0v) is 19.5. The van der Waals surface area contributed by atoms with E-state index < -0.39 is 0 Å². The van der Waals surface area contributed by atoms with E-state index >= 15 is 0 Å². The molecule has 6 nitrogen and oxygen atoms in total. The monoisotopic (exact) mass is 427 g/mol. The van der Waals surface area contributed by atoms with Gasteiger partial charge in [0.25, 0.3) is 5.56 Å². The zero-order chi connectivity index (χ0) is 22.4. The summed E-state index contributed by atoms with van der Waals surface area (Å²) in [5.41, 5.74) is 0.607. The van der Waals surface area contributed by atoms with Crippen LogP contribution in [-0.2, 0) is 16.1 Å². The van der Waals surface area contributed by atoms with Crippen molar-refractivity contribution in [3.63, 3.8) is 0 Å². The summed E-state index contributed by atoms with van der Waals surface area (Å²) in [4.78, 5) is 33.7. The van der Waals surface area contributed by atoms with Crippen LogP contribution in [0.3, 0.4) is 0 Å². The van der Waals surface area contributed by atoms with Crippen molar-refractivity contribution in [3.8, 4) is 0 Å². The van der Waals surface area contributed by atoms with Crippen LogP contribution in [0.15, 0.2) is 29.1 Å². The maximum Gasteiger partial charge on any atom is 0.261 e. The molecule has 1 saturated carbocycles. The van der Waals surface area contributed by atoms with Crippen LogP contribution in [-0.4, -0.2) is 40.6 Å².